The molecule has 1 nitrogen and oxygen atoms in total. The highest BCUT2D eigenvalue weighted by molar-refractivity contribution is 9.09. The Morgan fingerprint density at radius 1 is 1.24 bits per heavy atom. The van der Waals surface area contributed by atoms with Gasteiger partial charge in [0.25, 0.3) is 0 Å². The Balaban J connectivity index is 2.58. The molecule has 0 heterocycles. The van der Waals surface area contributed by atoms with Crippen LogP contribution in [0.3, 0.4) is 0 Å². The molecule has 0 spiro atoms. The van der Waals surface area contributed by atoms with E-state index in [0.29, 0.717) is 10.9 Å². The van der Waals surface area contributed by atoms with E-state index in [1.54, 1.807) is 6.07 Å². The van der Waals surface area contributed by atoms with Gasteiger partial charge in [0, 0.05) is 11.2 Å². The lowest BCUT2D eigenvalue weighted by Gasteiger charge is -2.16. The zero-order valence-corrected chi connectivity index (χ0v) is 10.4. The topological polar surface area (TPSA) is 9.23 Å². The molecule has 1 aromatic rings. The molecule has 6 heteroatoms. The van der Waals surface area contributed by atoms with Gasteiger partial charge in [-0.15, -0.1) is 0 Å². The highest BCUT2D eigenvalue weighted by Crippen LogP contribution is 2.23. The third-order valence-electron chi connectivity index (χ3n) is 2.12. The number of halogens is 5. The van der Waals surface area contributed by atoms with E-state index >= 15 is 0 Å². The fraction of sp³-hybridized carbons (Fsp3) is 0.455. The molecule has 1 rings (SSSR count). The molecule has 0 radical (unpaired) electrons. The van der Waals surface area contributed by atoms with E-state index in [1.807, 2.05) is 0 Å². The fourth-order valence-corrected chi connectivity index (χ4v) is 1.88. The molecule has 0 aromatic heterocycles. The minimum atomic E-state index is -4.36. The Labute approximate surface area is 105 Å². The molecule has 1 unspecified atom stereocenters. The van der Waals surface area contributed by atoms with Crippen LogP contribution in [0.4, 0.5) is 17.6 Å². The molecule has 1 aromatic carbocycles. The molecule has 0 bridgehead atoms. The highest BCUT2D eigenvalue weighted by atomic mass is 79.9. The monoisotopic (exact) mass is 314 g/mol. The van der Waals surface area contributed by atoms with Gasteiger partial charge in [-0.05, 0) is 11.6 Å². The molecule has 1 atom stereocenters. The van der Waals surface area contributed by atoms with Crippen LogP contribution in [-0.2, 0) is 4.74 Å². The minimum Gasteiger partial charge on any atom is -0.371 e. The minimum absolute atomic E-state index is 0.175. The van der Waals surface area contributed by atoms with Gasteiger partial charge in [-0.1, -0.05) is 34.1 Å². The molecular formula is C11H11BrF4O. The zero-order chi connectivity index (χ0) is 12.9. The Kier molecular flexibility index (Phi) is 5.39. The number of hydrogen-bond donors (Lipinski definition) is 0. The van der Waals surface area contributed by atoms with Crippen LogP contribution in [0.2, 0.25) is 0 Å². The van der Waals surface area contributed by atoms with Crippen molar-refractivity contribution in [3.63, 3.8) is 0 Å². The lowest BCUT2D eigenvalue weighted by atomic mass is 10.0. The maximum atomic E-state index is 13.4. The molecule has 0 aliphatic carbocycles. The number of hydrogen-bond acceptors (Lipinski definition) is 1. The van der Waals surface area contributed by atoms with Crippen LogP contribution in [0.1, 0.15) is 11.5 Å². The van der Waals surface area contributed by atoms with E-state index in [-0.39, 0.29) is 6.61 Å². The van der Waals surface area contributed by atoms with Gasteiger partial charge in [0.05, 0.1) is 6.61 Å². The molecule has 0 saturated heterocycles. The molecule has 17 heavy (non-hydrogen) atoms. The summed E-state index contributed by atoms with van der Waals surface area (Å²) in [4.78, 5) is 0. The lowest BCUT2D eigenvalue weighted by Crippen LogP contribution is -2.20. The third-order valence-corrected chi connectivity index (χ3v) is 2.90. The summed E-state index contributed by atoms with van der Waals surface area (Å²) in [5.41, 5.74) is 0.353. The average Bonchev–Trinajstić information content (AvgIpc) is 2.24. The van der Waals surface area contributed by atoms with Crippen LogP contribution in [0.5, 0.6) is 0 Å². The Morgan fingerprint density at radius 2 is 1.88 bits per heavy atom. The molecule has 96 valence electrons. The standard InChI is InChI=1S/C11H11BrF4O/c12-5-8(6-17-7-11(14,15)16)9-3-1-2-4-10(9)13/h1-4,8H,5-7H2. The van der Waals surface area contributed by atoms with E-state index in [2.05, 4.69) is 20.7 Å². The average molecular weight is 315 g/mol. The maximum absolute atomic E-state index is 13.4. The second-order valence-corrected chi connectivity index (χ2v) is 4.15. The van der Waals surface area contributed by atoms with E-state index in [0.717, 1.165) is 0 Å². The van der Waals surface area contributed by atoms with Gasteiger partial charge in [0.1, 0.15) is 12.4 Å². The highest BCUT2D eigenvalue weighted by Gasteiger charge is 2.28. The van der Waals surface area contributed by atoms with Gasteiger partial charge < -0.3 is 4.74 Å². The van der Waals surface area contributed by atoms with Crippen molar-refractivity contribution >= 4 is 15.9 Å². The van der Waals surface area contributed by atoms with Crippen LogP contribution in [0.15, 0.2) is 24.3 Å². The smallest absolute Gasteiger partial charge is 0.371 e. The summed E-state index contributed by atoms with van der Waals surface area (Å²) >= 11 is 3.14. The van der Waals surface area contributed by atoms with Crippen LogP contribution in [0.25, 0.3) is 0 Å². The lowest BCUT2D eigenvalue weighted by molar-refractivity contribution is -0.174. The van der Waals surface area contributed by atoms with Crippen LogP contribution >= 0.6 is 15.9 Å². The largest absolute Gasteiger partial charge is 0.411 e. The summed E-state index contributed by atoms with van der Waals surface area (Å²) in [5.74, 6) is -0.869. The molecule has 0 amide bonds. The Bertz CT molecular complexity index is 354. The van der Waals surface area contributed by atoms with Crippen molar-refractivity contribution in [3.8, 4) is 0 Å². The van der Waals surface area contributed by atoms with E-state index < -0.39 is 24.5 Å². The normalized spacial score (nSPS) is 13.7. The Hall–Kier alpha value is -0.620. The zero-order valence-electron chi connectivity index (χ0n) is 8.81. The molecule has 0 fully saturated rings. The summed E-state index contributed by atoms with van der Waals surface area (Å²) in [5, 5.41) is 0.339. The van der Waals surface area contributed by atoms with Crippen LogP contribution in [-0.4, -0.2) is 24.7 Å². The van der Waals surface area contributed by atoms with Gasteiger partial charge in [-0.3, -0.25) is 0 Å². The van der Waals surface area contributed by atoms with Crippen molar-refractivity contribution in [3.05, 3.63) is 35.6 Å². The van der Waals surface area contributed by atoms with E-state index in [1.165, 1.54) is 18.2 Å². The first-order valence-electron chi connectivity index (χ1n) is 4.89. The first-order chi connectivity index (χ1) is 7.94. The molecule has 0 aliphatic rings. The first kappa shape index (κ1) is 14.4. The number of benzene rings is 1. The van der Waals surface area contributed by atoms with Crippen molar-refractivity contribution in [2.24, 2.45) is 0 Å². The number of alkyl halides is 4. The third kappa shape index (κ3) is 5.04. The van der Waals surface area contributed by atoms with Crippen LogP contribution in [0, 0.1) is 5.82 Å². The second kappa shape index (κ2) is 6.35. The first-order valence-corrected chi connectivity index (χ1v) is 6.01. The molecular weight excluding hydrogens is 304 g/mol. The molecule has 0 N–H and O–H groups in total. The van der Waals surface area contributed by atoms with Gasteiger partial charge in [-0.25, -0.2) is 4.39 Å². The van der Waals surface area contributed by atoms with E-state index in [9.17, 15) is 17.6 Å². The van der Waals surface area contributed by atoms with Crippen molar-refractivity contribution in [2.45, 2.75) is 12.1 Å². The number of ether oxygens (including phenoxy) is 1. The molecule has 0 aliphatic heterocycles. The van der Waals surface area contributed by atoms with Gasteiger partial charge >= 0.3 is 6.18 Å². The van der Waals surface area contributed by atoms with Crippen molar-refractivity contribution in [2.75, 3.05) is 18.5 Å². The Morgan fingerprint density at radius 3 is 2.41 bits per heavy atom. The van der Waals surface area contributed by atoms with Gasteiger partial charge in [0.2, 0.25) is 0 Å². The summed E-state index contributed by atoms with van der Waals surface area (Å²) in [6, 6.07) is 5.98. The summed E-state index contributed by atoms with van der Waals surface area (Å²) in [7, 11) is 0. The molecule has 0 saturated carbocycles. The summed E-state index contributed by atoms with van der Waals surface area (Å²) < 4.78 is 53.6. The van der Waals surface area contributed by atoms with Gasteiger partial charge in [0.15, 0.2) is 0 Å². The number of rotatable bonds is 5. The SMILES string of the molecule is Fc1ccccc1C(CBr)COCC(F)(F)F. The maximum Gasteiger partial charge on any atom is 0.411 e. The van der Waals surface area contributed by atoms with Crippen LogP contribution < -0.4 is 0 Å². The predicted molar refractivity (Wildman–Crippen MR) is 59.8 cm³/mol. The summed E-state index contributed by atoms with van der Waals surface area (Å²) in [6.45, 7) is -1.49. The van der Waals surface area contributed by atoms with Crippen molar-refractivity contribution in [1.29, 1.82) is 0 Å². The fourth-order valence-electron chi connectivity index (χ4n) is 1.34. The quantitative estimate of drug-likeness (QED) is 0.592. The summed E-state index contributed by atoms with van der Waals surface area (Å²) in [6.07, 6.45) is -4.36. The van der Waals surface area contributed by atoms with Gasteiger partial charge in [-0.2, -0.15) is 13.2 Å². The predicted octanol–water partition coefficient (Wildman–Crippen LogP) is 3.88. The second-order valence-electron chi connectivity index (χ2n) is 3.50. The van der Waals surface area contributed by atoms with Crippen molar-refractivity contribution in [1.82, 2.24) is 0 Å². The van der Waals surface area contributed by atoms with Crippen molar-refractivity contribution < 1.29 is 22.3 Å². The van der Waals surface area contributed by atoms with E-state index in [4.69, 9.17) is 0 Å².